The van der Waals surface area contributed by atoms with Crippen LogP contribution in [0.5, 0.6) is 0 Å². The highest BCUT2D eigenvalue weighted by molar-refractivity contribution is 6.03. The fraction of sp³-hybridized carbons (Fsp3) is 0. The number of rotatable bonds is 2. The molecular weight excluding hydrogens is 211 g/mol. The van der Waals surface area contributed by atoms with E-state index in [9.17, 15) is 9.18 Å². The lowest BCUT2D eigenvalue weighted by Crippen LogP contribution is -2.14. The van der Waals surface area contributed by atoms with Crippen LogP contribution in [0.1, 0.15) is 10.4 Å². The van der Waals surface area contributed by atoms with Crippen LogP contribution in [-0.2, 0) is 0 Å². The van der Waals surface area contributed by atoms with E-state index < -0.39 is 11.7 Å². The van der Waals surface area contributed by atoms with Crippen molar-refractivity contribution in [1.29, 1.82) is 0 Å². The Bertz CT molecular complexity index is 503. The molecule has 0 saturated heterocycles. The van der Waals surface area contributed by atoms with E-state index >= 15 is 0 Å². The van der Waals surface area contributed by atoms with Crippen LogP contribution in [0.15, 0.2) is 37.1 Å². The summed E-state index contributed by atoms with van der Waals surface area (Å²) < 4.78 is 13.2. The van der Waals surface area contributed by atoms with E-state index in [1.54, 1.807) is 0 Å². The summed E-state index contributed by atoms with van der Waals surface area (Å²) in [4.78, 5) is 22.8. The van der Waals surface area contributed by atoms with Crippen molar-refractivity contribution >= 4 is 11.7 Å². The molecule has 0 saturated carbocycles. The summed E-state index contributed by atoms with van der Waals surface area (Å²) in [6.45, 7) is 0. The van der Waals surface area contributed by atoms with Crippen molar-refractivity contribution in [3.05, 3.63) is 48.4 Å². The maximum atomic E-state index is 13.2. The topological polar surface area (TPSA) is 67.8 Å². The maximum absolute atomic E-state index is 13.2. The Labute approximate surface area is 90.4 Å². The minimum absolute atomic E-state index is 0.0827. The van der Waals surface area contributed by atoms with Crippen LogP contribution in [0.4, 0.5) is 10.2 Å². The summed E-state index contributed by atoms with van der Waals surface area (Å²) in [7, 11) is 0. The average molecular weight is 218 g/mol. The van der Waals surface area contributed by atoms with Gasteiger partial charge in [-0.1, -0.05) is 0 Å². The van der Waals surface area contributed by atoms with Crippen LogP contribution >= 0.6 is 0 Å². The predicted octanol–water partition coefficient (Wildman–Crippen LogP) is 1.26. The quantitative estimate of drug-likeness (QED) is 0.824. The highest BCUT2D eigenvalue weighted by atomic mass is 19.1. The van der Waals surface area contributed by atoms with E-state index in [1.807, 2.05) is 0 Å². The third-order valence-corrected chi connectivity index (χ3v) is 1.82. The van der Waals surface area contributed by atoms with Crippen LogP contribution in [0.25, 0.3) is 0 Å². The van der Waals surface area contributed by atoms with Crippen LogP contribution in [0.3, 0.4) is 0 Å². The van der Waals surface area contributed by atoms with Gasteiger partial charge in [-0.2, -0.15) is 0 Å². The molecule has 2 aromatic heterocycles. The molecule has 80 valence electrons. The van der Waals surface area contributed by atoms with E-state index in [0.29, 0.717) is 0 Å². The molecule has 2 heterocycles. The Morgan fingerprint density at radius 1 is 1.19 bits per heavy atom. The molecule has 16 heavy (non-hydrogen) atoms. The van der Waals surface area contributed by atoms with E-state index in [-0.39, 0.29) is 11.4 Å². The molecule has 5 nitrogen and oxygen atoms in total. The lowest BCUT2D eigenvalue weighted by molar-refractivity contribution is 0.102. The Morgan fingerprint density at radius 3 is 2.69 bits per heavy atom. The van der Waals surface area contributed by atoms with E-state index in [2.05, 4.69) is 20.3 Å². The monoisotopic (exact) mass is 218 g/mol. The number of aromatic nitrogens is 3. The van der Waals surface area contributed by atoms with Crippen LogP contribution in [0, 0.1) is 5.82 Å². The predicted molar refractivity (Wildman–Crippen MR) is 54.2 cm³/mol. The molecule has 1 amide bonds. The number of nitrogens with zero attached hydrogens (tertiary/aromatic N) is 3. The number of nitrogens with one attached hydrogen (secondary N) is 1. The molecular formula is C10H7FN4O. The fourth-order valence-corrected chi connectivity index (χ4v) is 1.11. The van der Waals surface area contributed by atoms with Crippen molar-refractivity contribution in [2.75, 3.05) is 5.32 Å². The number of carbonyl (C=O) groups is 1. The molecule has 0 spiro atoms. The zero-order valence-electron chi connectivity index (χ0n) is 8.09. The maximum Gasteiger partial charge on any atom is 0.259 e. The summed E-state index contributed by atoms with van der Waals surface area (Å²) >= 11 is 0. The third-order valence-electron chi connectivity index (χ3n) is 1.82. The third kappa shape index (κ3) is 2.17. The van der Waals surface area contributed by atoms with E-state index in [0.717, 1.165) is 6.20 Å². The number of amides is 1. The van der Waals surface area contributed by atoms with Gasteiger partial charge in [0.15, 0.2) is 11.6 Å². The van der Waals surface area contributed by atoms with Gasteiger partial charge in [-0.05, 0) is 6.07 Å². The molecule has 2 rings (SSSR count). The van der Waals surface area contributed by atoms with Gasteiger partial charge in [0.1, 0.15) is 0 Å². The SMILES string of the molecule is O=C(Nc1cnccn1)c1ccncc1F. The van der Waals surface area contributed by atoms with Crippen molar-refractivity contribution in [3.63, 3.8) is 0 Å². The number of hydrogen-bond donors (Lipinski definition) is 1. The number of pyridine rings is 1. The van der Waals surface area contributed by atoms with Gasteiger partial charge in [0.2, 0.25) is 0 Å². The van der Waals surface area contributed by atoms with Crippen molar-refractivity contribution in [1.82, 2.24) is 15.0 Å². The molecule has 2 aromatic rings. The molecule has 0 aliphatic heterocycles. The Balaban J connectivity index is 2.19. The van der Waals surface area contributed by atoms with Crippen molar-refractivity contribution in [2.24, 2.45) is 0 Å². The molecule has 0 radical (unpaired) electrons. The highest BCUT2D eigenvalue weighted by Gasteiger charge is 2.11. The van der Waals surface area contributed by atoms with Gasteiger partial charge >= 0.3 is 0 Å². The summed E-state index contributed by atoms with van der Waals surface area (Å²) in [5.41, 5.74) is -0.0827. The Morgan fingerprint density at radius 2 is 2.00 bits per heavy atom. The average Bonchev–Trinajstić information content (AvgIpc) is 2.31. The van der Waals surface area contributed by atoms with Gasteiger partial charge < -0.3 is 5.32 Å². The van der Waals surface area contributed by atoms with Gasteiger partial charge in [0.25, 0.3) is 5.91 Å². The zero-order valence-corrected chi connectivity index (χ0v) is 8.09. The second kappa shape index (κ2) is 4.43. The lowest BCUT2D eigenvalue weighted by atomic mass is 10.2. The number of hydrogen-bond acceptors (Lipinski definition) is 4. The summed E-state index contributed by atoms with van der Waals surface area (Å²) in [5.74, 6) is -0.993. The van der Waals surface area contributed by atoms with Gasteiger partial charge in [-0.3, -0.25) is 14.8 Å². The Hall–Kier alpha value is -2.37. The van der Waals surface area contributed by atoms with Gasteiger partial charge in [-0.15, -0.1) is 0 Å². The van der Waals surface area contributed by atoms with Gasteiger partial charge in [0, 0.05) is 18.6 Å². The Kier molecular flexibility index (Phi) is 2.81. The lowest BCUT2D eigenvalue weighted by Gasteiger charge is -2.03. The molecule has 0 fully saturated rings. The second-order valence-corrected chi connectivity index (χ2v) is 2.90. The summed E-state index contributed by atoms with van der Waals surface area (Å²) in [5, 5.41) is 2.42. The van der Waals surface area contributed by atoms with Gasteiger partial charge in [0.05, 0.1) is 18.0 Å². The van der Waals surface area contributed by atoms with Crippen molar-refractivity contribution in [3.8, 4) is 0 Å². The van der Waals surface area contributed by atoms with Crippen LogP contribution < -0.4 is 5.32 Å². The first kappa shape index (κ1) is 10.2. The zero-order chi connectivity index (χ0) is 11.4. The highest BCUT2D eigenvalue weighted by Crippen LogP contribution is 2.07. The van der Waals surface area contributed by atoms with E-state index in [4.69, 9.17) is 0 Å². The normalized spacial score (nSPS) is 9.81. The number of carbonyl (C=O) groups excluding carboxylic acids is 1. The van der Waals surface area contributed by atoms with Crippen molar-refractivity contribution in [2.45, 2.75) is 0 Å². The summed E-state index contributed by atoms with van der Waals surface area (Å²) in [6.07, 6.45) is 6.60. The summed E-state index contributed by atoms with van der Waals surface area (Å²) in [6, 6.07) is 1.29. The minimum Gasteiger partial charge on any atom is -0.305 e. The first-order valence-electron chi connectivity index (χ1n) is 4.44. The molecule has 1 N–H and O–H groups in total. The molecule has 0 aliphatic rings. The standard InChI is InChI=1S/C10H7FN4O/c11-8-5-12-2-1-7(8)10(16)15-9-6-13-3-4-14-9/h1-6H,(H,14,15,16). The fourth-order valence-electron chi connectivity index (χ4n) is 1.11. The minimum atomic E-state index is -0.677. The molecule has 0 unspecified atom stereocenters. The number of halogens is 1. The molecule has 0 aliphatic carbocycles. The van der Waals surface area contributed by atoms with Crippen LogP contribution in [0.2, 0.25) is 0 Å². The largest absolute Gasteiger partial charge is 0.305 e. The van der Waals surface area contributed by atoms with Gasteiger partial charge in [-0.25, -0.2) is 9.37 Å². The smallest absolute Gasteiger partial charge is 0.259 e. The number of anilines is 1. The first-order valence-corrected chi connectivity index (χ1v) is 4.44. The molecule has 0 bridgehead atoms. The molecule has 0 atom stereocenters. The molecule has 0 aromatic carbocycles. The van der Waals surface area contributed by atoms with Crippen molar-refractivity contribution < 1.29 is 9.18 Å². The first-order chi connectivity index (χ1) is 7.77. The van der Waals surface area contributed by atoms with E-state index in [1.165, 1.54) is 30.9 Å². The second-order valence-electron chi connectivity index (χ2n) is 2.90. The molecule has 6 heteroatoms. The van der Waals surface area contributed by atoms with Crippen LogP contribution in [-0.4, -0.2) is 20.9 Å².